The van der Waals surface area contributed by atoms with E-state index in [4.69, 9.17) is 33.2 Å². The van der Waals surface area contributed by atoms with E-state index in [0.717, 1.165) is 33.0 Å². The fraction of sp³-hybridized carbons (Fsp3) is 0.294. The SMILES string of the molecule is COc1cc([C@@H]2c3cc4c(cc3[C@H](OC(=O)Cc3cccc5ccccc35)[C@H]3COC(=O)[C@H]23)OCO4)c(Br)c(OC)c1OC. The monoisotopic (exact) mass is 660 g/mol. The molecule has 2 heterocycles. The molecule has 2 aliphatic heterocycles. The molecule has 4 atom stereocenters. The molecule has 3 aliphatic rings. The van der Waals surface area contributed by atoms with Crippen molar-refractivity contribution in [3.05, 3.63) is 87.4 Å². The Morgan fingerprint density at radius 2 is 1.59 bits per heavy atom. The van der Waals surface area contributed by atoms with Gasteiger partial charge in [-0.1, -0.05) is 42.5 Å². The Morgan fingerprint density at radius 1 is 0.864 bits per heavy atom. The molecule has 0 amide bonds. The molecule has 4 aromatic rings. The quantitative estimate of drug-likeness (QED) is 0.217. The maximum absolute atomic E-state index is 13.6. The first-order valence-electron chi connectivity index (χ1n) is 14.2. The highest BCUT2D eigenvalue weighted by Crippen LogP contribution is 2.58. The Morgan fingerprint density at radius 3 is 2.34 bits per heavy atom. The van der Waals surface area contributed by atoms with Crippen molar-refractivity contribution >= 4 is 38.6 Å². The first-order chi connectivity index (χ1) is 21.4. The van der Waals surface area contributed by atoms with Crippen molar-refractivity contribution < 1.29 is 42.7 Å². The molecule has 0 N–H and O–H groups in total. The third kappa shape index (κ3) is 4.51. The Kier molecular flexibility index (Phi) is 7.24. The predicted molar refractivity (Wildman–Crippen MR) is 163 cm³/mol. The molecule has 7 rings (SSSR count). The number of benzene rings is 4. The molecular formula is C34H29BrO9. The van der Waals surface area contributed by atoms with Crippen LogP contribution in [0.15, 0.2) is 65.1 Å². The second-order valence-electron chi connectivity index (χ2n) is 10.9. The molecule has 44 heavy (non-hydrogen) atoms. The van der Waals surface area contributed by atoms with Crippen LogP contribution in [0, 0.1) is 11.8 Å². The van der Waals surface area contributed by atoms with E-state index in [2.05, 4.69) is 15.9 Å². The smallest absolute Gasteiger partial charge is 0.310 e. The average molecular weight is 662 g/mol. The van der Waals surface area contributed by atoms with Gasteiger partial charge in [-0.05, 0) is 61.6 Å². The van der Waals surface area contributed by atoms with E-state index in [9.17, 15) is 9.59 Å². The van der Waals surface area contributed by atoms with Gasteiger partial charge in [0.2, 0.25) is 12.5 Å². The molecule has 1 saturated heterocycles. The average Bonchev–Trinajstić information content (AvgIpc) is 3.66. The highest BCUT2D eigenvalue weighted by Gasteiger charge is 2.54. The number of rotatable bonds is 7. The summed E-state index contributed by atoms with van der Waals surface area (Å²) in [5.41, 5.74) is 3.08. The van der Waals surface area contributed by atoms with E-state index in [1.807, 2.05) is 60.7 Å². The molecule has 0 unspecified atom stereocenters. The van der Waals surface area contributed by atoms with Gasteiger partial charge in [0.1, 0.15) is 6.10 Å². The minimum absolute atomic E-state index is 0.0667. The number of carbonyl (C=O) groups is 2. The maximum Gasteiger partial charge on any atom is 0.310 e. The molecule has 0 spiro atoms. The van der Waals surface area contributed by atoms with Gasteiger partial charge in [0, 0.05) is 17.4 Å². The summed E-state index contributed by atoms with van der Waals surface area (Å²) in [6.07, 6.45) is -0.679. The van der Waals surface area contributed by atoms with Gasteiger partial charge in [0.25, 0.3) is 0 Å². The molecule has 1 fully saturated rings. The minimum Gasteiger partial charge on any atom is -0.493 e. The lowest BCUT2D eigenvalue weighted by Gasteiger charge is -2.39. The topological polar surface area (TPSA) is 98.8 Å². The third-order valence-electron chi connectivity index (χ3n) is 8.73. The maximum atomic E-state index is 13.6. The van der Waals surface area contributed by atoms with E-state index in [-0.39, 0.29) is 25.8 Å². The van der Waals surface area contributed by atoms with Crippen molar-refractivity contribution in [1.82, 2.24) is 0 Å². The van der Waals surface area contributed by atoms with Crippen molar-refractivity contribution in [2.24, 2.45) is 11.8 Å². The summed E-state index contributed by atoms with van der Waals surface area (Å²) in [4.78, 5) is 27.1. The van der Waals surface area contributed by atoms with Crippen molar-refractivity contribution in [2.45, 2.75) is 18.4 Å². The summed E-state index contributed by atoms with van der Waals surface area (Å²) in [5, 5.41) is 2.03. The van der Waals surface area contributed by atoms with Crippen LogP contribution in [0.3, 0.4) is 0 Å². The lowest BCUT2D eigenvalue weighted by Crippen LogP contribution is -2.37. The lowest BCUT2D eigenvalue weighted by molar-refractivity contribution is -0.153. The number of methoxy groups -OCH3 is 3. The molecule has 226 valence electrons. The summed E-state index contributed by atoms with van der Waals surface area (Å²) in [7, 11) is 4.61. The van der Waals surface area contributed by atoms with Gasteiger partial charge in [0.15, 0.2) is 23.0 Å². The fourth-order valence-electron chi connectivity index (χ4n) is 6.79. The standard InChI is InChI=1S/C34H29BrO9/c1-38-26-14-22(30(35)33(40-3)32(26)39-2)28-20-12-24-25(43-16-42-24)13-21(20)31(23-15-41-34(37)29(23)28)44-27(36)11-18-9-6-8-17-7-4-5-10-19(17)18/h4-10,12-14,23,28-29,31H,11,15-16H2,1-3H3/t23-,28-,29-,31-/m0/s1. The van der Waals surface area contributed by atoms with Crippen molar-refractivity contribution in [3.8, 4) is 28.7 Å². The highest BCUT2D eigenvalue weighted by atomic mass is 79.9. The van der Waals surface area contributed by atoms with Gasteiger partial charge >= 0.3 is 11.9 Å². The Hall–Kier alpha value is -4.44. The molecule has 0 saturated carbocycles. The van der Waals surface area contributed by atoms with Crippen molar-refractivity contribution in [1.29, 1.82) is 0 Å². The van der Waals surface area contributed by atoms with Crippen LogP contribution < -0.4 is 23.7 Å². The second-order valence-corrected chi connectivity index (χ2v) is 11.7. The van der Waals surface area contributed by atoms with Crippen LogP contribution in [0.5, 0.6) is 28.7 Å². The van der Waals surface area contributed by atoms with E-state index < -0.39 is 29.8 Å². The first kappa shape index (κ1) is 28.3. The van der Waals surface area contributed by atoms with Crippen LogP contribution in [0.25, 0.3) is 10.8 Å². The number of ether oxygens (including phenoxy) is 7. The molecular weight excluding hydrogens is 632 g/mol. The number of fused-ring (bicyclic) bond motifs is 4. The summed E-state index contributed by atoms with van der Waals surface area (Å²) in [5.74, 6) is -0.0474. The first-order valence-corrected chi connectivity index (χ1v) is 15.0. The van der Waals surface area contributed by atoms with Crippen LogP contribution >= 0.6 is 15.9 Å². The predicted octanol–water partition coefficient (Wildman–Crippen LogP) is 6.12. The van der Waals surface area contributed by atoms with Crippen molar-refractivity contribution in [3.63, 3.8) is 0 Å². The molecule has 1 aliphatic carbocycles. The van der Waals surface area contributed by atoms with Gasteiger partial charge in [-0.2, -0.15) is 0 Å². The van der Waals surface area contributed by atoms with Crippen LogP contribution in [-0.2, 0) is 25.5 Å². The number of hydrogen-bond acceptors (Lipinski definition) is 9. The number of halogens is 1. The van der Waals surface area contributed by atoms with E-state index in [1.165, 1.54) is 14.2 Å². The van der Waals surface area contributed by atoms with E-state index in [0.29, 0.717) is 33.2 Å². The van der Waals surface area contributed by atoms with Gasteiger partial charge < -0.3 is 33.2 Å². The zero-order valence-electron chi connectivity index (χ0n) is 24.3. The summed E-state index contributed by atoms with van der Waals surface area (Å²) in [6, 6.07) is 19.3. The number of cyclic esters (lactones) is 1. The van der Waals surface area contributed by atoms with Crippen LogP contribution in [-0.4, -0.2) is 46.7 Å². The molecule has 0 aromatic heterocycles. The fourth-order valence-corrected chi connectivity index (χ4v) is 7.49. The number of esters is 2. The molecule has 0 radical (unpaired) electrons. The van der Waals surface area contributed by atoms with Gasteiger partial charge in [0.05, 0.1) is 44.7 Å². The zero-order chi connectivity index (χ0) is 30.5. The Bertz CT molecular complexity index is 1800. The third-order valence-corrected chi connectivity index (χ3v) is 9.54. The second kappa shape index (κ2) is 11.2. The van der Waals surface area contributed by atoms with Gasteiger partial charge in [-0.3, -0.25) is 9.59 Å². The summed E-state index contributed by atoms with van der Waals surface area (Å²) < 4.78 is 41.0. The zero-order valence-corrected chi connectivity index (χ0v) is 25.8. The van der Waals surface area contributed by atoms with Crippen LogP contribution in [0.2, 0.25) is 0 Å². The van der Waals surface area contributed by atoms with E-state index >= 15 is 0 Å². The van der Waals surface area contributed by atoms with Crippen molar-refractivity contribution in [2.75, 3.05) is 34.7 Å². The van der Waals surface area contributed by atoms with E-state index in [1.54, 1.807) is 7.11 Å². The minimum atomic E-state index is -0.754. The lowest BCUT2D eigenvalue weighted by atomic mass is 9.66. The summed E-state index contributed by atoms with van der Waals surface area (Å²) in [6.45, 7) is 0.166. The Balaban J connectivity index is 1.35. The number of hydrogen-bond donors (Lipinski definition) is 0. The summed E-state index contributed by atoms with van der Waals surface area (Å²) >= 11 is 3.72. The van der Waals surface area contributed by atoms with Crippen LogP contribution in [0.1, 0.15) is 34.3 Å². The number of carbonyl (C=O) groups excluding carboxylic acids is 2. The molecule has 9 nitrogen and oxygen atoms in total. The highest BCUT2D eigenvalue weighted by molar-refractivity contribution is 9.10. The molecule has 4 aromatic carbocycles. The molecule has 0 bridgehead atoms. The van der Waals surface area contributed by atoms with Crippen LogP contribution in [0.4, 0.5) is 0 Å². The normalized spacial score (nSPS) is 21.3. The molecule has 10 heteroatoms. The van der Waals surface area contributed by atoms with Gasteiger partial charge in [-0.15, -0.1) is 0 Å². The largest absolute Gasteiger partial charge is 0.493 e. The van der Waals surface area contributed by atoms with Gasteiger partial charge in [-0.25, -0.2) is 0 Å². The Labute approximate surface area is 262 Å².